The highest BCUT2D eigenvalue weighted by Crippen LogP contribution is 2.37. The third-order valence-electron chi connectivity index (χ3n) is 5.46. The molecule has 7 heteroatoms. The highest BCUT2D eigenvalue weighted by atomic mass is 16.5. The van der Waals surface area contributed by atoms with Crippen LogP contribution in [0, 0.1) is 0 Å². The summed E-state index contributed by atoms with van der Waals surface area (Å²) in [7, 11) is 0. The smallest absolute Gasteiger partial charge is 0.163 e. The zero-order valence-corrected chi connectivity index (χ0v) is 18.9. The third kappa shape index (κ3) is 5.32. The van der Waals surface area contributed by atoms with Crippen LogP contribution in [-0.4, -0.2) is 21.8 Å². The minimum absolute atomic E-state index is 0.0223. The summed E-state index contributed by atoms with van der Waals surface area (Å²) in [6, 6.07) is 17.8. The molecule has 0 saturated heterocycles. The Morgan fingerprint density at radius 2 is 1.76 bits per heavy atom. The molecule has 6 N–H and O–H groups in total. The number of carbonyl (C=O) groups excluding carboxylic acids is 1. The Morgan fingerprint density at radius 1 is 1.06 bits per heavy atom. The van der Waals surface area contributed by atoms with E-state index in [2.05, 4.69) is 5.10 Å². The second-order valence-corrected chi connectivity index (χ2v) is 8.16. The lowest BCUT2D eigenvalue weighted by Gasteiger charge is -2.18. The Kier molecular flexibility index (Phi) is 7.35. The Balaban J connectivity index is 1.76. The Hall–Kier alpha value is -3.84. The van der Waals surface area contributed by atoms with Crippen molar-refractivity contribution in [1.82, 2.24) is 0 Å². The molecule has 7 nitrogen and oxygen atoms in total. The van der Waals surface area contributed by atoms with Crippen LogP contribution in [-0.2, 0) is 6.61 Å². The molecule has 0 fully saturated rings. The number of aliphatic hydroxyl groups excluding tert-OH is 1. The van der Waals surface area contributed by atoms with Crippen LogP contribution < -0.4 is 16.3 Å². The molecule has 1 atom stereocenters. The summed E-state index contributed by atoms with van der Waals surface area (Å²) in [4.78, 5) is 11.7. The largest absolute Gasteiger partial charge is 0.507 e. The van der Waals surface area contributed by atoms with E-state index in [1.165, 1.54) is 6.92 Å². The van der Waals surface area contributed by atoms with Crippen LogP contribution in [0.1, 0.15) is 71.0 Å². The van der Waals surface area contributed by atoms with Gasteiger partial charge in [-0.15, -0.1) is 0 Å². The normalized spacial score (nSPS) is 12.6. The van der Waals surface area contributed by atoms with E-state index in [0.717, 1.165) is 5.56 Å². The number of aromatic hydroxyl groups is 1. The fourth-order valence-electron chi connectivity index (χ4n) is 3.65. The van der Waals surface area contributed by atoms with Gasteiger partial charge in [0.25, 0.3) is 0 Å². The number of ketones is 1. The third-order valence-corrected chi connectivity index (χ3v) is 5.46. The number of rotatable bonds is 8. The van der Waals surface area contributed by atoms with Gasteiger partial charge in [0.05, 0.1) is 5.56 Å². The molecule has 0 aliphatic rings. The molecule has 0 amide bonds. The number of nitrogens with two attached hydrogens (primary N) is 2. The van der Waals surface area contributed by atoms with Crippen LogP contribution in [0.4, 0.5) is 0 Å². The van der Waals surface area contributed by atoms with Crippen molar-refractivity contribution in [3.05, 3.63) is 94.0 Å². The minimum atomic E-state index is -0.839. The molecule has 3 aromatic carbocycles. The molecular weight excluding hydrogens is 418 g/mol. The molecule has 33 heavy (non-hydrogen) atoms. The predicted octanol–water partition coefficient (Wildman–Crippen LogP) is 3.96. The summed E-state index contributed by atoms with van der Waals surface area (Å²) in [5.74, 6) is 5.72. The van der Waals surface area contributed by atoms with Crippen molar-refractivity contribution in [1.29, 1.82) is 0 Å². The van der Waals surface area contributed by atoms with Gasteiger partial charge >= 0.3 is 0 Å². The average Bonchev–Trinajstić information content (AvgIpc) is 2.81. The zero-order chi connectivity index (χ0) is 24.1. The first-order chi connectivity index (χ1) is 15.7. The molecular formula is C26H29N3O4. The summed E-state index contributed by atoms with van der Waals surface area (Å²) in [5.41, 5.74) is 9.57. The highest BCUT2D eigenvalue weighted by molar-refractivity contribution is 5.98. The van der Waals surface area contributed by atoms with Crippen LogP contribution in [0.25, 0.3) is 0 Å². The number of phenols is 1. The first-order valence-corrected chi connectivity index (χ1v) is 10.6. The Labute approximate surface area is 193 Å². The van der Waals surface area contributed by atoms with Crippen LogP contribution in [0.2, 0.25) is 0 Å². The number of ether oxygens (including phenoxy) is 1. The van der Waals surface area contributed by atoms with Crippen molar-refractivity contribution in [2.45, 2.75) is 39.4 Å². The van der Waals surface area contributed by atoms with E-state index < -0.39 is 6.10 Å². The maximum absolute atomic E-state index is 11.7. The standard InChI is InChI=1S/C26H29N3O4/c1-15(2)23-22(12-11-21(16(3)30)25(23)32)33-14-17-7-9-18(10-8-17)24(31)19-5-4-6-20(13-19)26(27)29-28/h4-13,15,24,31-32H,14,28H2,1-3H3,(H2,27,29). The number of hydrazone groups is 1. The fourth-order valence-corrected chi connectivity index (χ4v) is 3.65. The van der Waals surface area contributed by atoms with Gasteiger partial charge in [0.15, 0.2) is 5.78 Å². The number of nitrogens with zero attached hydrogens (tertiary/aromatic N) is 1. The lowest BCUT2D eigenvalue weighted by molar-refractivity contribution is 0.101. The van der Waals surface area contributed by atoms with Gasteiger partial charge in [0.1, 0.15) is 30.0 Å². The lowest BCUT2D eigenvalue weighted by atomic mass is 9.96. The van der Waals surface area contributed by atoms with Crippen molar-refractivity contribution in [2.24, 2.45) is 16.7 Å². The van der Waals surface area contributed by atoms with Crippen molar-refractivity contribution in [3.63, 3.8) is 0 Å². The number of Topliss-reactive ketones (excluding diaryl/α,β-unsaturated/α-hetero) is 1. The van der Waals surface area contributed by atoms with E-state index in [-0.39, 0.29) is 35.5 Å². The lowest BCUT2D eigenvalue weighted by Crippen LogP contribution is -2.16. The molecule has 0 aliphatic heterocycles. The predicted molar refractivity (Wildman–Crippen MR) is 128 cm³/mol. The van der Waals surface area contributed by atoms with Crippen LogP contribution >= 0.6 is 0 Å². The average molecular weight is 448 g/mol. The van der Waals surface area contributed by atoms with Crippen molar-refractivity contribution < 1.29 is 19.7 Å². The molecule has 0 spiro atoms. The van der Waals surface area contributed by atoms with Gasteiger partial charge in [-0.1, -0.05) is 56.3 Å². The van der Waals surface area contributed by atoms with E-state index in [9.17, 15) is 15.0 Å². The van der Waals surface area contributed by atoms with Gasteiger partial charge in [-0.3, -0.25) is 4.79 Å². The van der Waals surface area contributed by atoms with Gasteiger partial charge in [-0.05, 0) is 47.7 Å². The molecule has 0 bridgehead atoms. The quantitative estimate of drug-likeness (QED) is 0.136. The van der Waals surface area contributed by atoms with Crippen LogP contribution in [0.5, 0.6) is 11.5 Å². The van der Waals surface area contributed by atoms with E-state index >= 15 is 0 Å². The Morgan fingerprint density at radius 3 is 2.36 bits per heavy atom. The van der Waals surface area contributed by atoms with Crippen LogP contribution in [0.15, 0.2) is 65.8 Å². The maximum atomic E-state index is 11.7. The summed E-state index contributed by atoms with van der Waals surface area (Å²) in [6.45, 7) is 5.56. The van der Waals surface area contributed by atoms with E-state index in [0.29, 0.717) is 28.0 Å². The maximum Gasteiger partial charge on any atom is 0.163 e. The fraction of sp³-hybridized carbons (Fsp3) is 0.231. The second kappa shape index (κ2) is 10.2. The van der Waals surface area contributed by atoms with E-state index in [1.807, 2.05) is 38.1 Å². The molecule has 0 heterocycles. The number of hydrogen-bond donors (Lipinski definition) is 4. The zero-order valence-electron chi connectivity index (χ0n) is 18.9. The van der Waals surface area contributed by atoms with Crippen LogP contribution in [0.3, 0.4) is 0 Å². The van der Waals surface area contributed by atoms with Crippen molar-refractivity contribution in [3.8, 4) is 11.5 Å². The number of amidine groups is 1. The molecule has 1 unspecified atom stereocenters. The Bertz CT molecular complexity index is 1170. The molecule has 0 saturated carbocycles. The molecule has 3 aromatic rings. The van der Waals surface area contributed by atoms with Gasteiger partial charge in [-0.25, -0.2) is 0 Å². The minimum Gasteiger partial charge on any atom is -0.507 e. The summed E-state index contributed by atoms with van der Waals surface area (Å²) < 4.78 is 5.97. The van der Waals surface area contributed by atoms with Gasteiger partial charge in [0.2, 0.25) is 0 Å². The monoisotopic (exact) mass is 447 g/mol. The number of aliphatic hydroxyl groups is 1. The molecule has 0 aliphatic carbocycles. The SMILES string of the molecule is CC(=O)c1ccc(OCc2ccc(C(O)c3cccc(/C(N)=N/N)c3)cc2)c(C(C)C)c1O. The van der Waals surface area contributed by atoms with Gasteiger partial charge in [-0.2, -0.15) is 5.10 Å². The van der Waals surface area contributed by atoms with Crippen molar-refractivity contribution >= 4 is 11.6 Å². The number of carbonyl (C=O) groups is 1. The second-order valence-electron chi connectivity index (χ2n) is 8.16. The van der Waals surface area contributed by atoms with E-state index in [4.69, 9.17) is 16.3 Å². The van der Waals surface area contributed by atoms with Crippen molar-refractivity contribution in [2.75, 3.05) is 0 Å². The molecule has 3 rings (SSSR count). The number of hydrogen-bond acceptors (Lipinski definition) is 6. The van der Waals surface area contributed by atoms with Gasteiger partial charge < -0.3 is 26.5 Å². The highest BCUT2D eigenvalue weighted by Gasteiger charge is 2.19. The number of phenolic OH excluding ortho intramolecular Hbond substituents is 1. The summed E-state index contributed by atoms with van der Waals surface area (Å²) in [6.07, 6.45) is -0.839. The summed E-state index contributed by atoms with van der Waals surface area (Å²) in [5, 5.41) is 24.8. The first kappa shape index (κ1) is 23.8. The molecule has 0 aromatic heterocycles. The topological polar surface area (TPSA) is 131 Å². The molecule has 172 valence electrons. The molecule has 0 radical (unpaired) electrons. The first-order valence-electron chi connectivity index (χ1n) is 10.6. The number of benzene rings is 3. The summed E-state index contributed by atoms with van der Waals surface area (Å²) >= 11 is 0. The van der Waals surface area contributed by atoms with E-state index in [1.54, 1.807) is 36.4 Å². The van der Waals surface area contributed by atoms with Gasteiger partial charge in [0, 0.05) is 11.1 Å².